The van der Waals surface area contributed by atoms with E-state index in [1.165, 1.54) is 12.1 Å². The Labute approximate surface area is 126 Å². The van der Waals surface area contributed by atoms with Gasteiger partial charge in [0.05, 0.1) is 19.6 Å². The molecule has 0 radical (unpaired) electrons. The smallest absolute Gasteiger partial charge is 0.250 e. The summed E-state index contributed by atoms with van der Waals surface area (Å²) in [5.74, 6) is 0.425. The van der Waals surface area contributed by atoms with Gasteiger partial charge in [0.15, 0.2) is 5.60 Å². The Morgan fingerprint density at radius 1 is 1.43 bits per heavy atom. The van der Waals surface area contributed by atoms with Gasteiger partial charge >= 0.3 is 0 Å². The van der Waals surface area contributed by atoms with Crippen LogP contribution in [-0.2, 0) is 21.5 Å². The molecule has 1 aliphatic heterocycles. The van der Waals surface area contributed by atoms with Crippen LogP contribution in [0.5, 0.6) is 0 Å². The molecule has 0 N–H and O–H groups in total. The Bertz CT molecular complexity index is 641. The van der Waals surface area contributed by atoms with Gasteiger partial charge in [-0.05, 0) is 17.7 Å². The lowest BCUT2D eigenvalue weighted by atomic mass is 10.0. The van der Waals surface area contributed by atoms with Gasteiger partial charge in [-0.15, -0.1) is 10.2 Å². The molecule has 1 aromatic carbocycles. The number of aromatic nitrogens is 2. The summed E-state index contributed by atoms with van der Waals surface area (Å²) in [5.41, 5.74) is 0.0556. The zero-order valence-electron chi connectivity index (χ0n) is 11.4. The maximum absolute atomic E-state index is 13.0. The van der Waals surface area contributed by atoms with Crippen molar-refractivity contribution in [2.45, 2.75) is 18.4 Å². The minimum absolute atomic E-state index is 0.334. The topological polar surface area (TPSA) is 57.4 Å². The Morgan fingerprint density at radius 2 is 2.29 bits per heavy atom. The molecule has 1 aromatic heterocycles. The third-order valence-corrected chi connectivity index (χ3v) is 3.94. The minimum Gasteiger partial charge on any atom is -0.422 e. The summed E-state index contributed by atoms with van der Waals surface area (Å²) in [6, 6.07) is 4.21. The lowest BCUT2D eigenvalue weighted by molar-refractivity contribution is -0.0416. The van der Waals surface area contributed by atoms with Gasteiger partial charge in [-0.2, -0.15) is 0 Å². The summed E-state index contributed by atoms with van der Waals surface area (Å²) in [6.45, 7) is 0.984. The summed E-state index contributed by atoms with van der Waals surface area (Å²) in [4.78, 5) is 0. The van der Waals surface area contributed by atoms with Crippen LogP contribution in [0.25, 0.3) is 0 Å². The Balaban J connectivity index is 1.82. The zero-order valence-corrected chi connectivity index (χ0v) is 12.2. The molecule has 1 unspecified atom stereocenters. The molecule has 3 rings (SSSR count). The molecule has 2 aromatic rings. The second-order valence-corrected chi connectivity index (χ2v) is 5.32. The van der Waals surface area contributed by atoms with Gasteiger partial charge in [0.1, 0.15) is 5.82 Å². The molecule has 7 heteroatoms. The van der Waals surface area contributed by atoms with Crippen LogP contribution in [0.1, 0.15) is 23.8 Å². The maximum atomic E-state index is 13.0. The van der Waals surface area contributed by atoms with Crippen molar-refractivity contribution in [2.75, 3.05) is 20.3 Å². The number of hydrogen-bond acceptors (Lipinski definition) is 5. The molecule has 1 atom stereocenters. The normalized spacial score (nSPS) is 21.9. The van der Waals surface area contributed by atoms with Crippen LogP contribution < -0.4 is 0 Å². The second-order valence-electron chi connectivity index (χ2n) is 4.91. The Hall–Kier alpha value is -1.50. The van der Waals surface area contributed by atoms with Gasteiger partial charge in [0.25, 0.3) is 5.89 Å². The van der Waals surface area contributed by atoms with E-state index in [1.54, 1.807) is 13.2 Å². The third-order valence-electron chi connectivity index (χ3n) is 3.59. The monoisotopic (exact) mass is 312 g/mol. The van der Waals surface area contributed by atoms with Crippen molar-refractivity contribution >= 4 is 11.6 Å². The van der Waals surface area contributed by atoms with Crippen LogP contribution >= 0.6 is 11.6 Å². The zero-order chi connectivity index (χ0) is 14.9. The van der Waals surface area contributed by atoms with Crippen molar-refractivity contribution in [3.8, 4) is 0 Å². The van der Waals surface area contributed by atoms with Crippen LogP contribution in [0.2, 0.25) is 5.02 Å². The van der Waals surface area contributed by atoms with Gasteiger partial charge in [0, 0.05) is 18.6 Å². The van der Waals surface area contributed by atoms with Gasteiger partial charge in [-0.3, -0.25) is 0 Å². The number of ether oxygens (including phenoxy) is 2. The Morgan fingerprint density at radius 3 is 2.95 bits per heavy atom. The standard InChI is InChI=1S/C14H14ClFN2O3/c1-19-14(4-5-20-8-14)13-18-17-12(21-13)6-9-2-3-10(16)7-11(9)15/h2-3,7H,4-6,8H2,1H3. The number of methoxy groups -OCH3 is 1. The second kappa shape index (κ2) is 5.71. The fourth-order valence-electron chi connectivity index (χ4n) is 2.30. The summed E-state index contributed by atoms with van der Waals surface area (Å²) in [6.07, 6.45) is 1.01. The molecule has 0 saturated carbocycles. The third kappa shape index (κ3) is 2.79. The van der Waals surface area contributed by atoms with Crippen molar-refractivity contribution in [1.82, 2.24) is 10.2 Å². The van der Waals surface area contributed by atoms with E-state index in [-0.39, 0.29) is 5.82 Å². The van der Waals surface area contributed by atoms with Crippen LogP contribution in [-0.4, -0.2) is 30.5 Å². The fraction of sp³-hybridized carbons (Fsp3) is 0.429. The summed E-state index contributed by atoms with van der Waals surface area (Å²) in [7, 11) is 1.59. The van der Waals surface area contributed by atoms with Crippen LogP contribution in [0.3, 0.4) is 0 Å². The van der Waals surface area contributed by atoms with Gasteiger partial charge < -0.3 is 13.9 Å². The van der Waals surface area contributed by atoms with E-state index in [0.29, 0.717) is 42.9 Å². The van der Waals surface area contributed by atoms with Crippen molar-refractivity contribution < 1.29 is 18.3 Å². The SMILES string of the molecule is COC1(c2nnc(Cc3ccc(F)cc3Cl)o2)CCOC1. The molecule has 0 aliphatic carbocycles. The highest BCUT2D eigenvalue weighted by Crippen LogP contribution is 2.33. The van der Waals surface area contributed by atoms with E-state index in [1.807, 2.05) is 0 Å². The number of halogens is 2. The van der Waals surface area contributed by atoms with Crippen molar-refractivity contribution in [3.05, 3.63) is 46.4 Å². The van der Waals surface area contributed by atoms with E-state index in [4.69, 9.17) is 25.5 Å². The number of rotatable bonds is 4. The molecule has 0 spiro atoms. The predicted octanol–water partition coefficient (Wildman–Crippen LogP) is 2.71. The summed E-state index contributed by atoms with van der Waals surface area (Å²) >= 11 is 5.99. The molecule has 5 nitrogen and oxygen atoms in total. The average Bonchev–Trinajstić information content (AvgIpc) is 3.11. The summed E-state index contributed by atoms with van der Waals surface area (Å²) < 4.78 is 29.5. The van der Waals surface area contributed by atoms with Crippen molar-refractivity contribution in [1.29, 1.82) is 0 Å². The van der Waals surface area contributed by atoms with Gasteiger partial charge in [-0.1, -0.05) is 17.7 Å². The molecule has 112 valence electrons. The molecule has 1 aliphatic rings. The van der Waals surface area contributed by atoms with E-state index < -0.39 is 5.60 Å². The van der Waals surface area contributed by atoms with Crippen LogP contribution in [0.4, 0.5) is 4.39 Å². The van der Waals surface area contributed by atoms with Crippen molar-refractivity contribution in [3.63, 3.8) is 0 Å². The molecule has 2 heterocycles. The quantitative estimate of drug-likeness (QED) is 0.869. The van der Waals surface area contributed by atoms with Crippen LogP contribution in [0.15, 0.2) is 22.6 Å². The lowest BCUT2D eigenvalue weighted by Crippen LogP contribution is -2.29. The lowest BCUT2D eigenvalue weighted by Gasteiger charge is -2.20. The van der Waals surface area contributed by atoms with Gasteiger partial charge in [0.2, 0.25) is 5.89 Å². The first-order valence-electron chi connectivity index (χ1n) is 6.53. The first-order chi connectivity index (χ1) is 10.1. The average molecular weight is 313 g/mol. The fourth-order valence-corrected chi connectivity index (χ4v) is 2.53. The predicted molar refractivity (Wildman–Crippen MR) is 72.6 cm³/mol. The van der Waals surface area contributed by atoms with E-state index >= 15 is 0 Å². The highest BCUT2D eigenvalue weighted by atomic mass is 35.5. The molecule has 1 saturated heterocycles. The first-order valence-corrected chi connectivity index (χ1v) is 6.90. The molecule has 0 bridgehead atoms. The molecule has 0 amide bonds. The highest BCUT2D eigenvalue weighted by Gasteiger charge is 2.42. The Kier molecular flexibility index (Phi) is 3.93. The van der Waals surface area contributed by atoms with Crippen molar-refractivity contribution in [2.24, 2.45) is 0 Å². The minimum atomic E-state index is -0.669. The van der Waals surface area contributed by atoms with E-state index in [2.05, 4.69) is 10.2 Å². The number of hydrogen-bond donors (Lipinski definition) is 0. The number of benzene rings is 1. The highest BCUT2D eigenvalue weighted by molar-refractivity contribution is 6.31. The largest absolute Gasteiger partial charge is 0.422 e. The molecule has 1 fully saturated rings. The maximum Gasteiger partial charge on any atom is 0.250 e. The molecule has 21 heavy (non-hydrogen) atoms. The molecular weight excluding hydrogens is 299 g/mol. The van der Waals surface area contributed by atoms with E-state index in [0.717, 1.165) is 5.56 Å². The van der Waals surface area contributed by atoms with Crippen LogP contribution in [0, 0.1) is 5.82 Å². The van der Waals surface area contributed by atoms with E-state index in [9.17, 15) is 4.39 Å². The van der Waals surface area contributed by atoms with Gasteiger partial charge in [-0.25, -0.2) is 4.39 Å². The first kappa shape index (κ1) is 14.4. The number of nitrogens with zero attached hydrogens (tertiary/aromatic N) is 2. The summed E-state index contributed by atoms with van der Waals surface area (Å²) in [5, 5.41) is 8.39. The molecular formula is C14H14ClFN2O3.